The van der Waals surface area contributed by atoms with Crippen molar-refractivity contribution in [2.45, 2.75) is 0 Å². The number of carbonyl (C=O) groups excluding carboxylic acids is 1. The number of amides is 1. The van der Waals surface area contributed by atoms with Gasteiger partial charge in [-0.3, -0.25) is 4.79 Å². The molecule has 20 heavy (non-hydrogen) atoms. The molecule has 0 saturated carbocycles. The zero-order valence-corrected chi connectivity index (χ0v) is 12.9. The number of anilines is 2. The second-order valence-electron chi connectivity index (χ2n) is 4.20. The lowest BCUT2D eigenvalue weighted by molar-refractivity contribution is 0.0992. The first kappa shape index (κ1) is 14.8. The van der Waals surface area contributed by atoms with E-state index in [-0.39, 0.29) is 11.5 Å². The molecule has 2 rings (SSSR count). The monoisotopic (exact) mass is 356 g/mol. The minimum atomic E-state index is -0.497. The molecule has 1 amide bonds. The predicted molar refractivity (Wildman–Crippen MR) is 82.7 cm³/mol. The molecule has 0 aliphatic rings. The molecule has 0 spiro atoms. The van der Waals surface area contributed by atoms with Gasteiger partial charge in [-0.05, 0) is 52.3 Å². The summed E-state index contributed by atoms with van der Waals surface area (Å²) in [6.07, 6.45) is 0. The van der Waals surface area contributed by atoms with Gasteiger partial charge in [0.05, 0.1) is 15.8 Å². The fourth-order valence-corrected chi connectivity index (χ4v) is 2.15. The Morgan fingerprint density at radius 3 is 2.65 bits per heavy atom. The number of carbonyl (C=O) groups is 1. The molecule has 0 bridgehead atoms. The zero-order chi connectivity index (χ0) is 14.9. The lowest BCUT2D eigenvalue weighted by Gasteiger charge is -2.19. The van der Waals surface area contributed by atoms with Gasteiger partial charge in [0.1, 0.15) is 5.82 Å². The summed E-state index contributed by atoms with van der Waals surface area (Å²) < 4.78 is 13.8. The normalized spacial score (nSPS) is 10.4. The Kier molecular flexibility index (Phi) is 4.30. The molecule has 0 atom stereocenters. The Hall–Kier alpha value is -1.59. The largest absolute Gasteiger partial charge is 0.397 e. The number of benzene rings is 2. The van der Waals surface area contributed by atoms with Crippen LogP contribution in [0.2, 0.25) is 5.02 Å². The van der Waals surface area contributed by atoms with E-state index in [0.717, 1.165) is 0 Å². The van der Waals surface area contributed by atoms with Crippen molar-refractivity contribution in [3.05, 3.63) is 57.3 Å². The van der Waals surface area contributed by atoms with Gasteiger partial charge in [0.25, 0.3) is 5.91 Å². The Morgan fingerprint density at radius 1 is 1.30 bits per heavy atom. The molecular weight excluding hydrogens is 347 g/mol. The van der Waals surface area contributed by atoms with E-state index in [0.29, 0.717) is 20.9 Å². The average Bonchev–Trinajstić information content (AvgIpc) is 2.43. The molecule has 0 aromatic heterocycles. The first-order chi connectivity index (χ1) is 9.40. The highest BCUT2D eigenvalue weighted by molar-refractivity contribution is 9.10. The SMILES string of the molecule is CN(C(=O)c1ccc(Br)c(F)c1)c1cc(Cl)ccc1N. The summed E-state index contributed by atoms with van der Waals surface area (Å²) in [6, 6.07) is 9.03. The zero-order valence-electron chi connectivity index (χ0n) is 10.5. The maximum absolute atomic E-state index is 13.5. The fourth-order valence-electron chi connectivity index (χ4n) is 1.74. The van der Waals surface area contributed by atoms with E-state index in [1.54, 1.807) is 25.2 Å². The maximum atomic E-state index is 13.5. The van der Waals surface area contributed by atoms with Gasteiger partial charge >= 0.3 is 0 Å². The smallest absolute Gasteiger partial charge is 0.258 e. The van der Waals surface area contributed by atoms with Crippen LogP contribution in [0.5, 0.6) is 0 Å². The van der Waals surface area contributed by atoms with Crippen molar-refractivity contribution in [3.8, 4) is 0 Å². The van der Waals surface area contributed by atoms with Crippen LogP contribution in [0.25, 0.3) is 0 Å². The van der Waals surface area contributed by atoms with E-state index in [1.807, 2.05) is 0 Å². The Balaban J connectivity index is 2.37. The molecule has 0 saturated heterocycles. The standard InChI is InChI=1S/C14H11BrClFN2O/c1-19(13-7-9(16)3-5-12(13)18)14(20)8-2-4-10(15)11(17)6-8/h2-7H,18H2,1H3. The van der Waals surface area contributed by atoms with Crippen LogP contribution in [0, 0.1) is 5.82 Å². The molecule has 0 aliphatic carbocycles. The highest BCUT2D eigenvalue weighted by atomic mass is 79.9. The molecule has 2 aromatic carbocycles. The topological polar surface area (TPSA) is 46.3 Å². The van der Waals surface area contributed by atoms with E-state index in [1.165, 1.54) is 23.1 Å². The molecular formula is C14H11BrClFN2O. The van der Waals surface area contributed by atoms with Crippen LogP contribution in [0.1, 0.15) is 10.4 Å². The number of nitrogen functional groups attached to an aromatic ring is 1. The lowest BCUT2D eigenvalue weighted by atomic mass is 10.1. The van der Waals surface area contributed by atoms with Crippen LogP contribution in [0.15, 0.2) is 40.9 Å². The molecule has 0 fully saturated rings. The van der Waals surface area contributed by atoms with Gasteiger partial charge in [-0.2, -0.15) is 0 Å². The van der Waals surface area contributed by atoms with Crippen LogP contribution in [-0.2, 0) is 0 Å². The van der Waals surface area contributed by atoms with Crippen molar-refractivity contribution in [1.29, 1.82) is 0 Å². The second-order valence-corrected chi connectivity index (χ2v) is 5.49. The van der Waals surface area contributed by atoms with E-state index < -0.39 is 5.82 Å². The summed E-state index contributed by atoms with van der Waals surface area (Å²) in [5, 5.41) is 0.468. The molecule has 2 N–H and O–H groups in total. The van der Waals surface area contributed by atoms with Crippen LogP contribution < -0.4 is 10.6 Å². The van der Waals surface area contributed by atoms with Crippen LogP contribution in [0.3, 0.4) is 0 Å². The van der Waals surface area contributed by atoms with Gasteiger partial charge in [-0.15, -0.1) is 0 Å². The van der Waals surface area contributed by atoms with Gasteiger partial charge in [0.2, 0.25) is 0 Å². The Morgan fingerprint density at radius 2 is 2.00 bits per heavy atom. The summed E-state index contributed by atoms with van der Waals surface area (Å²) in [7, 11) is 1.56. The van der Waals surface area contributed by atoms with Crippen molar-refractivity contribution in [1.82, 2.24) is 0 Å². The fraction of sp³-hybridized carbons (Fsp3) is 0.0714. The van der Waals surface area contributed by atoms with Crippen molar-refractivity contribution in [3.63, 3.8) is 0 Å². The highest BCUT2D eigenvalue weighted by Gasteiger charge is 2.17. The van der Waals surface area contributed by atoms with Crippen molar-refractivity contribution in [2.75, 3.05) is 17.7 Å². The number of hydrogen-bond acceptors (Lipinski definition) is 2. The van der Waals surface area contributed by atoms with Crippen LogP contribution in [0.4, 0.5) is 15.8 Å². The second kappa shape index (κ2) is 5.81. The Bertz CT molecular complexity index is 678. The first-order valence-corrected chi connectivity index (χ1v) is 6.85. The van der Waals surface area contributed by atoms with Gasteiger partial charge in [-0.25, -0.2) is 4.39 Å². The summed E-state index contributed by atoms with van der Waals surface area (Å²) in [4.78, 5) is 13.7. The highest BCUT2D eigenvalue weighted by Crippen LogP contribution is 2.27. The third kappa shape index (κ3) is 2.94. The van der Waals surface area contributed by atoms with Crippen LogP contribution >= 0.6 is 27.5 Å². The van der Waals surface area contributed by atoms with E-state index in [4.69, 9.17) is 17.3 Å². The molecule has 104 valence electrons. The van der Waals surface area contributed by atoms with Crippen molar-refractivity contribution >= 4 is 44.8 Å². The predicted octanol–water partition coefficient (Wildman–Crippen LogP) is 4.10. The number of hydrogen-bond donors (Lipinski definition) is 1. The molecule has 0 unspecified atom stereocenters. The summed E-state index contributed by atoms with van der Waals surface area (Å²) in [6.45, 7) is 0. The third-order valence-corrected chi connectivity index (χ3v) is 3.70. The molecule has 2 aromatic rings. The van der Waals surface area contributed by atoms with E-state index in [9.17, 15) is 9.18 Å². The van der Waals surface area contributed by atoms with E-state index >= 15 is 0 Å². The van der Waals surface area contributed by atoms with Crippen molar-refractivity contribution < 1.29 is 9.18 Å². The molecule has 3 nitrogen and oxygen atoms in total. The molecule has 0 aliphatic heterocycles. The minimum absolute atomic E-state index is 0.229. The lowest BCUT2D eigenvalue weighted by Crippen LogP contribution is -2.27. The molecule has 0 radical (unpaired) electrons. The van der Waals surface area contributed by atoms with Gasteiger partial charge in [-0.1, -0.05) is 11.6 Å². The summed E-state index contributed by atoms with van der Waals surface area (Å²) in [5.74, 6) is -0.867. The number of rotatable bonds is 2. The molecule has 6 heteroatoms. The summed E-state index contributed by atoms with van der Waals surface area (Å²) >= 11 is 8.94. The minimum Gasteiger partial charge on any atom is -0.397 e. The van der Waals surface area contributed by atoms with Crippen LogP contribution in [-0.4, -0.2) is 13.0 Å². The van der Waals surface area contributed by atoms with Crippen molar-refractivity contribution in [2.24, 2.45) is 0 Å². The average molecular weight is 358 g/mol. The third-order valence-electron chi connectivity index (χ3n) is 2.83. The van der Waals surface area contributed by atoms with E-state index in [2.05, 4.69) is 15.9 Å². The molecule has 0 heterocycles. The number of nitrogens with two attached hydrogens (primary N) is 1. The van der Waals surface area contributed by atoms with Gasteiger partial charge < -0.3 is 10.6 Å². The summed E-state index contributed by atoms with van der Waals surface area (Å²) in [5.41, 5.74) is 6.95. The van der Waals surface area contributed by atoms with Gasteiger partial charge in [0, 0.05) is 17.6 Å². The number of nitrogens with zero attached hydrogens (tertiary/aromatic N) is 1. The van der Waals surface area contributed by atoms with Gasteiger partial charge in [0.15, 0.2) is 0 Å². The number of halogens is 3. The first-order valence-electron chi connectivity index (χ1n) is 5.68. The quantitative estimate of drug-likeness (QED) is 0.823. The Labute approximate surface area is 129 Å². The maximum Gasteiger partial charge on any atom is 0.258 e.